The Hall–Kier alpha value is -1.66. The van der Waals surface area contributed by atoms with E-state index in [9.17, 15) is 9.90 Å². The van der Waals surface area contributed by atoms with Gasteiger partial charge in [0.15, 0.2) is 0 Å². The van der Waals surface area contributed by atoms with Crippen LogP contribution in [0.2, 0.25) is 0 Å². The van der Waals surface area contributed by atoms with Crippen molar-refractivity contribution in [3.8, 4) is 0 Å². The van der Waals surface area contributed by atoms with Crippen LogP contribution in [0.5, 0.6) is 0 Å². The summed E-state index contributed by atoms with van der Waals surface area (Å²) in [5.41, 5.74) is 0.614. The molecule has 2 aliphatic rings. The highest BCUT2D eigenvalue weighted by atomic mass is 16.3. The average Bonchev–Trinajstić information content (AvgIpc) is 3.07. The number of likely N-dealkylation sites (tertiary alicyclic amines) is 1. The van der Waals surface area contributed by atoms with Crippen molar-refractivity contribution in [3.63, 3.8) is 0 Å². The highest BCUT2D eigenvalue weighted by Crippen LogP contribution is 2.19. The Morgan fingerprint density at radius 1 is 1.27 bits per heavy atom. The molecule has 0 aliphatic carbocycles. The number of carbonyl (C=O) groups excluding carboxylic acids is 1. The molecule has 2 fully saturated rings. The molecule has 0 unspecified atom stereocenters. The lowest BCUT2D eigenvalue weighted by Gasteiger charge is -2.30. The number of piperidine rings is 1. The van der Waals surface area contributed by atoms with Gasteiger partial charge in [0.05, 0.1) is 11.7 Å². The second-order valence-corrected chi connectivity index (χ2v) is 8.14. The maximum Gasteiger partial charge on any atom is 0.252 e. The van der Waals surface area contributed by atoms with Gasteiger partial charge < -0.3 is 20.2 Å². The van der Waals surface area contributed by atoms with Gasteiger partial charge in [0.1, 0.15) is 5.82 Å². The molecular weight excluding hydrogens is 328 g/mol. The zero-order valence-corrected chi connectivity index (χ0v) is 16.0. The van der Waals surface area contributed by atoms with Crippen LogP contribution in [0.15, 0.2) is 18.3 Å². The Bertz CT molecular complexity index is 582. The lowest BCUT2D eigenvalue weighted by Crippen LogP contribution is -2.36. The topological polar surface area (TPSA) is 68.7 Å². The van der Waals surface area contributed by atoms with Crippen molar-refractivity contribution in [2.24, 2.45) is 11.8 Å². The SMILES string of the molecule is CC(C)CN1CC[C@H](CNC(=O)c2ccc(N3CCC(O)CC3)nc2)C1. The van der Waals surface area contributed by atoms with Gasteiger partial charge in [-0.15, -0.1) is 0 Å². The van der Waals surface area contributed by atoms with Gasteiger partial charge in [-0.05, 0) is 49.8 Å². The molecule has 144 valence electrons. The molecule has 2 N–H and O–H groups in total. The molecular formula is C20H32N4O2. The fraction of sp³-hybridized carbons (Fsp3) is 0.700. The van der Waals surface area contributed by atoms with Gasteiger partial charge in [0, 0.05) is 38.9 Å². The summed E-state index contributed by atoms with van der Waals surface area (Å²) in [7, 11) is 0. The summed E-state index contributed by atoms with van der Waals surface area (Å²) in [6.45, 7) is 10.2. The van der Waals surface area contributed by atoms with Crippen LogP contribution >= 0.6 is 0 Å². The Balaban J connectivity index is 1.45. The van der Waals surface area contributed by atoms with E-state index >= 15 is 0 Å². The van der Waals surface area contributed by atoms with E-state index in [1.165, 1.54) is 0 Å². The van der Waals surface area contributed by atoms with Gasteiger partial charge >= 0.3 is 0 Å². The first-order chi connectivity index (χ1) is 12.5. The summed E-state index contributed by atoms with van der Waals surface area (Å²) < 4.78 is 0. The third kappa shape index (κ3) is 5.17. The minimum absolute atomic E-state index is 0.0413. The molecule has 1 atom stereocenters. The number of aliphatic hydroxyl groups is 1. The van der Waals surface area contributed by atoms with Gasteiger partial charge in [0.25, 0.3) is 5.91 Å². The number of carbonyl (C=O) groups is 1. The van der Waals surface area contributed by atoms with Crippen molar-refractivity contribution >= 4 is 11.7 Å². The fourth-order valence-corrected chi connectivity index (χ4v) is 3.90. The van der Waals surface area contributed by atoms with Gasteiger partial charge in [-0.2, -0.15) is 0 Å². The Morgan fingerprint density at radius 2 is 2.04 bits per heavy atom. The van der Waals surface area contributed by atoms with Crippen LogP contribution in [-0.2, 0) is 0 Å². The van der Waals surface area contributed by atoms with E-state index in [-0.39, 0.29) is 12.0 Å². The fourth-order valence-electron chi connectivity index (χ4n) is 3.90. The van der Waals surface area contributed by atoms with Crippen LogP contribution in [0, 0.1) is 11.8 Å². The van der Waals surface area contributed by atoms with Crippen LogP contribution < -0.4 is 10.2 Å². The Kier molecular flexibility index (Phi) is 6.48. The highest BCUT2D eigenvalue weighted by Gasteiger charge is 2.23. The molecule has 6 heteroatoms. The largest absolute Gasteiger partial charge is 0.393 e. The molecule has 0 saturated carbocycles. The molecule has 0 radical (unpaired) electrons. The molecule has 2 saturated heterocycles. The third-order valence-electron chi connectivity index (χ3n) is 5.34. The summed E-state index contributed by atoms with van der Waals surface area (Å²) in [6.07, 6.45) is 4.18. The monoisotopic (exact) mass is 360 g/mol. The van der Waals surface area contributed by atoms with Gasteiger partial charge in [0.2, 0.25) is 0 Å². The normalized spacial score (nSPS) is 22.2. The van der Waals surface area contributed by atoms with Crippen molar-refractivity contribution < 1.29 is 9.90 Å². The number of anilines is 1. The maximum atomic E-state index is 12.4. The number of aromatic nitrogens is 1. The molecule has 1 amide bonds. The second kappa shape index (κ2) is 8.82. The van der Waals surface area contributed by atoms with E-state index in [1.807, 2.05) is 12.1 Å². The van der Waals surface area contributed by atoms with E-state index in [4.69, 9.17) is 0 Å². The van der Waals surface area contributed by atoms with Crippen LogP contribution in [0.4, 0.5) is 5.82 Å². The van der Waals surface area contributed by atoms with Gasteiger partial charge in [-0.1, -0.05) is 13.8 Å². The summed E-state index contributed by atoms with van der Waals surface area (Å²) in [6, 6.07) is 3.76. The van der Waals surface area contributed by atoms with Crippen molar-refractivity contribution in [1.29, 1.82) is 0 Å². The molecule has 26 heavy (non-hydrogen) atoms. The average molecular weight is 361 g/mol. The predicted octanol–water partition coefficient (Wildman–Crippen LogP) is 1.75. The van der Waals surface area contributed by atoms with E-state index in [0.29, 0.717) is 17.4 Å². The molecule has 0 spiro atoms. The first-order valence-electron chi connectivity index (χ1n) is 9.91. The van der Waals surface area contributed by atoms with Gasteiger partial charge in [-0.3, -0.25) is 4.79 Å². The Labute approximate surface area is 156 Å². The third-order valence-corrected chi connectivity index (χ3v) is 5.34. The number of amides is 1. The summed E-state index contributed by atoms with van der Waals surface area (Å²) in [5.74, 6) is 2.08. The van der Waals surface area contributed by atoms with Crippen molar-refractivity contribution in [3.05, 3.63) is 23.9 Å². The summed E-state index contributed by atoms with van der Waals surface area (Å²) in [4.78, 5) is 21.5. The van der Waals surface area contributed by atoms with Crippen molar-refractivity contribution in [2.45, 2.75) is 39.2 Å². The summed E-state index contributed by atoms with van der Waals surface area (Å²) >= 11 is 0. The van der Waals surface area contributed by atoms with Crippen LogP contribution in [0.1, 0.15) is 43.5 Å². The maximum absolute atomic E-state index is 12.4. The molecule has 6 nitrogen and oxygen atoms in total. The molecule has 0 aromatic carbocycles. The van der Waals surface area contributed by atoms with Gasteiger partial charge in [-0.25, -0.2) is 4.98 Å². The van der Waals surface area contributed by atoms with E-state index in [1.54, 1.807) is 6.20 Å². The lowest BCUT2D eigenvalue weighted by atomic mass is 10.1. The molecule has 3 rings (SSSR count). The zero-order chi connectivity index (χ0) is 18.5. The Morgan fingerprint density at radius 3 is 2.69 bits per heavy atom. The zero-order valence-electron chi connectivity index (χ0n) is 16.0. The van der Waals surface area contributed by atoms with Crippen LogP contribution in [-0.4, -0.2) is 66.3 Å². The number of aliphatic hydroxyl groups excluding tert-OH is 1. The molecule has 0 bridgehead atoms. The molecule has 2 aliphatic heterocycles. The van der Waals surface area contributed by atoms with E-state index in [0.717, 1.165) is 64.3 Å². The minimum atomic E-state index is -0.191. The molecule has 1 aromatic heterocycles. The number of pyridine rings is 1. The highest BCUT2D eigenvalue weighted by molar-refractivity contribution is 5.94. The van der Waals surface area contributed by atoms with Crippen LogP contribution in [0.3, 0.4) is 0 Å². The van der Waals surface area contributed by atoms with E-state index in [2.05, 4.69) is 33.9 Å². The molecule has 1 aromatic rings. The number of nitrogens with one attached hydrogen (secondary N) is 1. The number of hydrogen-bond acceptors (Lipinski definition) is 5. The number of hydrogen-bond donors (Lipinski definition) is 2. The van der Waals surface area contributed by atoms with Crippen molar-refractivity contribution in [1.82, 2.24) is 15.2 Å². The first kappa shape index (κ1) is 19.1. The standard InChI is InChI=1S/C20H32N4O2/c1-15(2)13-23-8-5-16(14-23)11-22-20(26)17-3-4-19(21-12-17)24-9-6-18(25)7-10-24/h3-4,12,15-16,18,25H,5-11,13-14H2,1-2H3,(H,22,26)/t16-/m1/s1. The molecule has 3 heterocycles. The van der Waals surface area contributed by atoms with E-state index < -0.39 is 0 Å². The quantitative estimate of drug-likeness (QED) is 0.809. The second-order valence-electron chi connectivity index (χ2n) is 8.14. The van der Waals surface area contributed by atoms with Crippen molar-refractivity contribution in [2.75, 3.05) is 44.2 Å². The van der Waals surface area contributed by atoms with Crippen LogP contribution in [0.25, 0.3) is 0 Å². The number of rotatable bonds is 6. The minimum Gasteiger partial charge on any atom is -0.393 e. The smallest absolute Gasteiger partial charge is 0.252 e. The number of nitrogens with zero attached hydrogens (tertiary/aromatic N) is 3. The first-order valence-corrected chi connectivity index (χ1v) is 9.91. The lowest BCUT2D eigenvalue weighted by molar-refractivity contribution is 0.0947. The summed E-state index contributed by atoms with van der Waals surface area (Å²) in [5, 5.41) is 12.7. The predicted molar refractivity (Wildman–Crippen MR) is 103 cm³/mol.